The molecule has 0 bridgehead atoms. The van der Waals surface area contributed by atoms with Crippen LogP contribution in [0.15, 0.2) is 59.6 Å². The summed E-state index contributed by atoms with van der Waals surface area (Å²) in [5.41, 5.74) is 1.78. The van der Waals surface area contributed by atoms with Crippen LogP contribution in [0.5, 0.6) is 17.2 Å². The highest BCUT2D eigenvalue weighted by molar-refractivity contribution is 5.87. The fourth-order valence-corrected chi connectivity index (χ4v) is 3.25. The number of rotatable bonds is 17. The van der Waals surface area contributed by atoms with Gasteiger partial charge in [-0.1, -0.05) is 45.6 Å². The highest BCUT2D eigenvalue weighted by Crippen LogP contribution is 2.24. The molecule has 0 fully saturated rings. The number of hydrogen-bond acceptors (Lipinski definition) is 6. The van der Waals surface area contributed by atoms with Crippen LogP contribution in [0.3, 0.4) is 0 Å². The van der Waals surface area contributed by atoms with E-state index in [1.54, 1.807) is 31.3 Å². The first-order chi connectivity index (χ1) is 17.0. The van der Waals surface area contributed by atoms with E-state index < -0.39 is 0 Å². The predicted octanol–water partition coefficient (Wildman–Crippen LogP) is 7.16. The van der Waals surface area contributed by atoms with E-state index in [1.165, 1.54) is 32.1 Å². The highest BCUT2D eigenvalue weighted by atomic mass is 16.5. The van der Waals surface area contributed by atoms with Crippen molar-refractivity contribution >= 4 is 17.9 Å². The fraction of sp³-hybridized carbons (Fsp3) is 0.448. The standard InChI is InChI=1S/C29H39NO5/c1-4-5-6-7-8-9-18-33-26-16-13-25(14-17-26)30-22-24-12-15-27(21-28(24)31)34-19-10-11-20-35-29(32)23(2)3/h12-17,21-22,31H,2,4-11,18-20H2,1,3H3. The van der Waals surface area contributed by atoms with E-state index in [-0.39, 0.29) is 11.7 Å². The molecule has 0 amide bonds. The van der Waals surface area contributed by atoms with Crippen LogP contribution in [0, 0.1) is 0 Å². The molecule has 0 saturated heterocycles. The van der Waals surface area contributed by atoms with Crippen LogP contribution in [0.4, 0.5) is 5.69 Å². The molecule has 0 aliphatic rings. The zero-order valence-electron chi connectivity index (χ0n) is 21.1. The van der Waals surface area contributed by atoms with Crippen LogP contribution < -0.4 is 9.47 Å². The van der Waals surface area contributed by atoms with E-state index in [9.17, 15) is 9.90 Å². The Kier molecular flexibility index (Phi) is 13.1. The Morgan fingerprint density at radius 2 is 1.49 bits per heavy atom. The molecular formula is C29H39NO5. The molecular weight excluding hydrogens is 442 g/mol. The molecule has 0 spiro atoms. The third kappa shape index (κ3) is 11.6. The molecule has 0 unspecified atom stereocenters. The summed E-state index contributed by atoms with van der Waals surface area (Å²) >= 11 is 0. The SMILES string of the molecule is C=C(C)C(=O)OCCCCOc1ccc(C=Nc2ccc(OCCCCCCCC)cc2)c(O)c1. The normalized spacial score (nSPS) is 10.9. The van der Waals surface area contributed by atoms with Crippen molar-refractivity contribution in [2.24, 2.45) is 4.99 Å². The minimum atomic E-state index is -0.374. The number of phenols is 1. The summed E-state index contributed by atoms with van der Waals surface area (Å²) in [5.74, 6) is 1.14. The van der Waals surface area contributed by atoms with Gasteiger partial charge in [-0.3, -0.25) is 4.99 Å². The number of aliphatic imine (C=N–C) groups is 1. The Bertz CT molecular complexity index is 937. The average molecular weight is 482 g/mol. The molecule has 190 valence electrons. The molecule has 1 N–H and O–H groups in total. The Labute approximate surface area is 209 Å². The van der Waals surface area contributed by atoms with Crippen LogP contribution in [-0.4, -0.2) is 37.1 Å². The Morgan fingerprint density at radius 1 is 0.886 bits per heavy atom. The number of carbonyl (C=O) groups is 1. The summed E-state index contributed by atoms with van der Waals surface area (Å²) in [7, 11) is 0. The third-order valence-corrected chi connectivity index (χ3v) is 5.35. The summed E-state index contributed by atoms with van der Waals surface area (Å²) in [5, 5.41) is 10.3. The van der Waals surface area contributed by atoms with Gasteiger partial charge in [-0.15, -0.1) is 0 Å². The van der Waals surface area contributed by atoms with Gasteiger partial charge >= 0.3 is 5.97 Å². The molecule has 35 heavy (non-hydrogen) atoms. The summed E-state index contributed by atoms with van der Waals surface area (Å²) in [6.07, 6.45) is 10.5. The molecule has 0 aromatic heterocycles. The van der Waals surface area contributed by atoms with Crippen molar-refractivity contribution in [2.45, 2.75) is 65.2 Å². The number of nitrogens with zero attached hydrogens (tertiary/aromatic N) is 1. The van der Waals surface area contributed by atoms with Crippen molar-refractivity contribution in [3.8, 4) is 17.2 Å². The lowest BCUT2D eigenvalue weighted by molar-refractivity contribution is -0.139. The number of unbranched alkanes of at least 4 members (excludes halogenated alkanes) is 6. The molecule has 2 rings (SSSR count). The zero-order valence-corrected chi connectivity index (χ0v) is 21.1. The van der Waals surface area contributed by atoms with Crippen LogP contribution in [0.2, 0.25) is 0 Å². The lowest BCUT2D eigenvalue weighted by Crippen LogP contribution is -2.07. The molecule has 0 saturated carbocycles. The van der Waals surface area contributed by atoms with Gasteiger partial charge in [0.25, 0.3) is 0 Å². The minimum Gasteiger partial charge on any atom is -0.507 e. The first-order valence-corrected chi connectivity index (χ1v) is 12.5. The summed E-state index contributed by atoms with van der Waals surface area (Å²) < 4.78 is 16.5. The van der Waals surface area contributed by atoms with Crippen molar-refractivity contribution in [2.75, 3.05) is 19.8 Å². The largest absolute Gasteiger partial charge is 0.507 e. The molecule has 2 aromatic carbocycles. The van der Waals surface area contributed by atoms with Gasteiger partial charge in [0, 0.05) is 23.4 Å². The topological polar surface area (TPSA) is 77.4 Å². The van der Waals surface area contributed by atoms with Crippen LogP contribution in [0.1, 0.15) is 70.8 Å². The summed E-state index contributed by atoms with van der Waals surface area (Å²) in [6.45, 7) is 8.92. The number of benzene rings is 2. The number of ether oxygens (including phenoxy) is 3. The van der Waals surface area contributed by atoms with Gasteiger partial charge in [0.1, 0.15) is 17.2 Å². The summed E-state index contributed by atoms with van der Waals surface area (Å²) in [4.78, 5) is 15.8. The number of carbonyl (C=O) groups excluding carboxylic acids is 1. The van der Waals surface area contributed by atoms with Crippen LogP contribution in [0.25, 0.3) is 0 Å². The highest BCUT2D eigenvalue weighted by Gasteiger charge is 2.04. The number of hydrogen-bond donors (Lipinski definition) is 1. The molecule has 6 nitrogen and oxygen atoms in total. The Hall–Kier alpha value is -3.28. The van der Waals surface area contributed by atoms with Crippen molar-refractivity contribution in [3.05, 3.63) is 60.2 Å². The maximum absolute atomic E-state index is 11.3. The predicted molar refractivity (Wildman–Crippen MR) is 141 cm³/mol. The Balaban J connectivity index is 1.70. The lowest BCUT2D eigenvalue weighted by Gasteiger charge is -2.08. The van der Waals surface area contributed by atoms with Crippen LogP contribution in [-0.2, 0) is 9.53 Å². The van der Waals surface area contributed by atoms with E-state index in [4.69, 9.17) is 14.2 Å². The minimum absolute atomic E-state index is 0.0977. The van der Waals surface area contributed by atoms with Gasteiger partial charge < -0.3 is 19.3 Å². The number of phenolic OH excluding ortho intramolecular Hbond substituents is 1. The average Bonchev–Trinajstić information content (AvgIpc) is 2.85. The van der Waals surface area contributed by atoms with Crippen molar-refractivity contribution in [3.63, 3.8) is 0 Å². The number of aromatic hydroxyl groups is 1. The maximum atomic E-state index is 11.3. The molecule has 0 heterocycles. The monoisotopic (exact) mass is 481 g/mol. The van der Waals surface area contributed by atoms with Crippen molar-refractivity contribution in [1.29, 1.82) is 0 Å². The van der Waals surface area contributed by atoms with E-state index in [0.29, 0.717) is 36.5 Å². The second-order valence-corrected chi connectivity index (χ2v) is 8.56. The summed E-state index contributed by atoms with van der Waals surface area (Å²) in [6, 6.07) is 12.8. The van der Waals surface area contributed by atoms with Gasteiger partial charge in [0.15, 0.2) is 0 Å². The van der Waals surface area contributed by atoms with E-state index in [0.717, 1.165) is 30.9 Å². The van der Waals surface area contributed by atoms with E-state index in [2.05, 4.69) is 18.5 Å². The maximum Gasteiger partial charge on any atom is 0.333 e. The molecule has 0 atom stereocenters. The van der Waals surface area contributed by atoms with Gasteiger partial charge in [0.2, 0.25) is 0 Å². The smallest absolute Gasteiger partial charge is 0.333 e. The van der Waals surface area contributed by atoms with Gasteiger partial charge in [0.05, 0.1) is 25.5 Å². The second-order valence-electron chi connectivity index (χ2n) is 8.56. The first-order valence-electron chi connectivity index (χ1n) is 12.5. The fourth-order valence-electron chi connectivity index (χ4n) is 3.25. The molecule has 6 heteroatoms. The zero-order chi connectivity index (χ0) is 25.3. The molecule has 0 aliphatic heterocycles. The quantitative estimate of drug-likeness (QED) is 0.112. The first kappa shape index (κ1) is 28.0. The van der Waals surface area contributed by atoms with Gasteiger partial charge in [-0.05, 0) is 62.6 Å². The van der Waals surface area contributed by atoms with Crippen molar-refractivity contribution < 1.29 is 24.1 Å². The van der Waals surface area contributed by atoms with Gasteiger partial charge in [-0.2, -0.15) is 0 Å². The van der Waals surface area contributed by atoms with E-state index >= 15 is 0 Å². The second kappa shape index (κ2) is 16.4. The van der Waals surface area contributed by atoms with E-state index in [1.807, 2.05) is 24.3 Å². The van der Waals surface area contributed by atoms with Crippen molar-refractivity contribution in [1.82, 2.24) is 0 Å². The molecule has 2 aromatic rings. The van der Waals surface area contributed by atoms with Crippen LogP contribution >= 0.6 is 0 Å². The van der Waals surface area contributed by atoms with Gasteiger partial charge in [-0.25, -0.2) is 4.79 Å². The molecule has 0 aliphatic carbocycles. The lowest BCUT2D eigenvalue weighted by atomic mass is 10.1. The third-order valence-electron chi connectivity index (χ3n) is 5.35. The Morgan fingerprint density at radius 3 is 2.17 bits per heavy atom. The number of esters is 1. The molecule has 0 radical (unpaired) electrons.